The number of halogens is 1. The summed E-state index contributed by atoms with van der Waals surface area (Å²) in [6.45, 7) is 7.39. The average molecular weight is 492 g/mol. The summed E-state index contributed by atoms with van der Waals surface area (Å²) in [5, 5.41) is 8.15. The summed E-state index contributed by atoms with van der Waals surface area (Å²) in [5.74, 6) is -0.333. The lowest BCUT2D eigenvalue weighted by atomic mass is 9.93. The molecule has 0 spiro atoms. The van der Waals surface area contributed by atoms with E-state index in [1.165, 1.54) is 0 Å². The predicted octanol–water partition coefficient (Wildman–Crippen LogP) is 3.84. The fraction of sp³-hybridized carbons (Fsp3) is 0.579. The second kappa shape index (κ2) is 11.1. The Morgan fingerprint density at radius 3 is 2.14 bits per heavy atom. The molecule has 10 heteroatoms. The molecule has 1 aromatic carbocycles. The van der Waals surface area contributed by atoms with Gasteiger partial charge in [0, 0.05) is 10.2 Å². The van der Waals surface area contributed by atoms with Crippen LogP contribution in [0.5, 0.6) is 0 Å². The third-order valence-electron chi connectivity index (χ3n) is 4.68. The van der Waals surface area contributed by atoms with Crippen LogP contribution in [-0.4, -0.2) is 39.5 Å². The van der Waals surface area contributed by atoms with Gasteiger partial charge in [0.05, 0.1) is 11.7 Å². The van der Waals surface area contributed by atoms with Gasteiger partial charge < -0.3 is 25.7 Å². The second-order valence-corrected chi connectivity index (χ2v) is 10.1. The average Bonchev–Trinajstić information content (AvgIpc) is 2.60. The zero-order chi connectivity index (χ0) is 22.2. The highest BCUT2D eigenvalue weighted by atomic mass is 79.9. The van der Waals surface area contributed by atoms with Crippen molar-refractivity contribution in [2.75, 3.05) is 11.5 Å². The van der Waals surface area contributed by atoms with E-state index in [0.29, 0.717) is 24.9 Å². The summed E-state index contributed by atoms with van der Waals surface area (Å²) in [6.07, 6.45) is 0.664. The summed E-state index contributed by atoms with van der Waals surface area (Å²) >= 11 is 3.32. The molecule has 0 aliphatic heterocycles. The minimum atomic E-state index is -4.33. The SMILES string of the molecule is CCC(CC)(CP(=O)(O)O)NC(=O)[C@H](CC(C)C)NC(=O)Nc1ccc(Br)cc1. The van der Waals surface area contributed by atoms with E-state index in [1.807, 2.05) is 13.8 Å². The normalized spacial score (nSPS) is 13.1. The van der Waals surface area contributed by atoms with E-state index in [9.17, 15) is 23.9 Å². The topological polar surface area (TPSA) is 128 Å². The van der Waals surface area contributed by atoms with Crippen molar-refractivity contribution in [1.29, 1.82) is 0 Å². The highest BCUT2D eigenvalue weighted by Gasteiger charge is 2.37. The zero-order valence-corrected chi connectivity index (χ0v) is 19.7. The van der Waals surface area contributed by atoms with E-state index in [1.54, 1.807) is 38.1 Å². The largest absolute Gasteiger partial charge is 0.348 e. The molecule has 0 aliphatic carbocycles. The highest BCUT2D eigenvalue weighted by molar-refractivity contribution is 9.10. The van der Waals surface area contributed by atoms with E-state index in [-0.39, 0.29) is 5.92 Å². The Hall–Kier alpha value is -1.41. The number of hydrogen-bond acceptors (Lipinski definition) is 3. The molecule has 0 fully saturated rings. The summed E-state index contributed by atoms with van der Waals surface area (Å²) in [5.41, 5.74) is -0.456. The molecule has 0 saturated carbocycles. The van der Waals surface area contributed by atoms with Crippen molar-refractivity contribution < 1.29 is 23.9 Å². The van der Waals surface area contributed by atoms with Gasteiger partial charge in [0.1, 0.15) is 6.04 Å². The van der Waals surface area contributed by atoms with Gasteiger partial charge in [-0.3, -0.25) is 9.36 Å². The standard InChI is InChI=1S/C19H31BrN3O5P/c1-5-19(6-2,12-29(26,27)28)23-17(24)16(11-13(3)4)22-18(25)21-15-9-7-14(20)8-10-15/h7-10,13,16H,5-6,11-12H2,1-4H3,(H,23,24)(H2,21,22,25)(H2,26,27,28)/t16-/m0/s1. The van der Waals surface area contributed by atoms with E-state index in [0.717, 1.165) is 4.47 Å². The molecule has 3 amide bonds. The van der Waals surface area contributed by atoms with Crippen molar-refractivity contribution in [2.24, 2.45) is 5.92 Å². The van der Waals surface area contributed by atoms with Gasteiger partial charge in [0.15, 0.2) is 0 Å². The van der Waals surface area contributed by atoms with Crippen LogP contribution < -0.4 is 16.0 Å². The van der Waals surface area contributed by atoms with E-state index in [4.69, 9.17) is 0 Å². The first-order valence-electron chi connectivity index (χ1n) is 9.59. The van der Waals surface area contributed by atoms with Gasteiger partial charge in [0.25, 0.3) is 0 Å². The zero-order valence-electron chi connectivity index (χ0n) is 17.2. The number of rotatable bonds is 10. The Morgan fingerprint density at radius 1 is 1.14 bits per heavy atom. The van der Waals surface area contributed by atoms with Crippen molar-refractivity contribution in [1.82, 2.24) is 10.6 Å². The first-order valence-corrected chi connectivity index (χ1v) is 12.2. The number of benzene rings is 1. The minimum Gasteiger partial charge on any atom is -0.348 e. The Kier molecular flexibility index (Phi) is 9.82. The van der Waals surface area contributed by atoms with Crippen LogP contribution in [-0.2, 0) is 9.36 Å². The van der Waals surface area contributed by atoms with Crippen LogP contribution in [0.25, 0.3) is 0 Å². The molecular weight excluding hydrogens is 461 g/mol. The lowest BCUT2D eigenvalue weighted by Gasteiger charge is -2.35. The molecule has 1 atom stereocenters. The Bertz CT molecular complexity index is 732. The molecule has 5 N–H and O–H groups in total. The van der Waals surface area contributed by atoms with Gasteiger partial charge in [0.2, 0.25) is 5.91 Å². The molecule has 0 saturated heterocycles. The van der Waals surface area contributed by atoms with Crippen molar-refractivity contribution in [3.63, 3.8) is 0 Å². The number of nitrogens with one attached hydrogen (secondary N) is 3. The number of anilines is 1. The number of amides is 3. The van der Waals surface area contributed by atoms with Crippen LogP contribution in [0, 0.1) is 5.92 Å². The van der Waals surface area contributed by atoms with Crippen LogP contribution in [0.2, 0.25) is 0 Å². The molecule has 0 radical (unpaired) electrons. The first-order chi connectivity index (χ1) is 13.4. The molecule has 1 aromatic rings. The molecule has 0 unspecified atom stereocenters. The van der Waals surface area contributed by atoms with Gasteiger partial charge in [-0.15, -0.1) is 0 Å². The number of carbonyl (C=O) groups excluding carboxylic acids is 2. The Balaban J connectivity index is 2.91. The van der Waals surface area contributed by atoms with Gasteiger partial charge in [-0.2, -0.15) is 0 Å². The summed E-state index contributed by atoms with van der Waals surface area (Å²) in [6, 6.07) is 5.65. The maximum atomic E-state index is 12.9. The number of hydrogen-bond donors (Lipinski definition) is 5. The monoisotopic (exact) mass is 491 g/mol. The van der Waals surface area contributed by atoms with E-state index in [2.05, 4.69) is 31.9 Å². The van der Waals surface area contributed by atoms with Crippen LogP contribution in [0.4, 0.5) is 10.5 Å². The molecule has 0 bridgehead atoms. The third kappa shape index (κ3) is 9.30. The molecular formula is C19H31BrN3O5P. The van der Waals surface area contributed by atoms with Gasteiger partial charge >= 0.3 is 13.6 Å². The van der Waals surface area contributed by atoms with Crippen LogP contribution in [0.3, 0.4) is 0 Å². The van der Waals surface area contributed by atoms with Crippen molar-refractivity contribution in [2.45, 2.75) is 58.5 Å². The summed E-state index contributed by atoms with van der Waals surface area (Å²) in [7, 11) is -4.33. The minimum absolute atomic E-state index is 0.123. The van der Waals surface area contributed by atoms with E-state index < -0.39 is 37.3 Å². The second-order valence-electron chi connectivity index (χ2n) is 7.59. The number of carbonyl (C=O) groups is 2. The molecule has 29 heavy (non-hydrogen) atoms. The van der Waals surface area contributed by atoms with Crippen molar-refractivity contribution >= 4 is 41.2 Å². The molecule has 8 nitrogen and oxygen atoms in total. The highest BCUT2D eigenvalue weighted by Crippen LogP contribution is 2.40. The predicted molar refractivity (Wildman–Crippen MR) is 118 cm³/mol. The molecule has 1 rings (SSSR count). The molecule has 0 heterocycles. The molecule has 0 aromatic heterocycles. The van der Waals surface area contributed by atoms with Gasteiger partial charge in [-0.25, -0.2) is 4.79 Å². The third-order valence-corrected chi connectivity index (χ3v) is 6.23. The van der Waals surface area contributed by atoms with Crippen LogP contribution in [0.1, 0.15) is 47.0 Å². The van der Waals surface area contributed by atoms with Crippen molar-refractivity contribution in [3.05, 3.63) is 28.7 Å². The first kappa shape index (κ1) is 25.6. The Labute approximate surface area is 180 Å². The van der Waals surface area contributed by atoms with E-state index >= 15 is 0 Å². The maximum Gasteiger partial charge on any atom is 0.327 e. The van der Waals surface area contributed by atoms with Crippen LogP contribution in [0.15, 0.2) is 28.7 Å². The quantitative estimate of drug-likeness (QED) is 0.317. The summed E-state index contributed by atoms with van der Waals surface area (Å²) in [4.78, 5) is 44.1. The number of urea groups is 1. The van der Waals surface area contributed by atoms with Gasteiger partial charge in [-0.05, 0) is 49.4 Å². The fourth-order valence-electron chi connectivity index (χ4n) is 2.99. The molecule has 0 aliphatic rings. The van der Waals surface area contributed by atoms with Crippen LogP contribution >= 0.6 is 23.5 Å². The Morgan fingerprint density at radius 2 is 1.69 bits per heavy atom. The summed E-state index contributed by atoms with van der Waals surface area (Å²) < 4.78 is 12.4. The lowest BCUT2D eigenvalue weighted by Crippen LogP contribution is -2.57. The smallest absolute Gasteiger partial charge is 0.327 e. The van der Waals surface area contributed by atoms with Crippen molar-refractivity contribution in [3.8, 4) is 0 Å². The maximum absolute atomic E-state index is 12.9. The van der Waals surface area contributed by atoms with Gasteiger partial charge in [-0.1, -0.05) is 43.6 Å². The lowest BCUT2D eigenvalue weighted by molar-refractivity contribution is -0.125. The molecule has 164 valence electrons. The fourth-order valence-corrected chi connectivity index (χ4v) is 4.57.